The Hall–Kier alpha value is -3.39. The van der Waals surface area contributed by atoms with Gasteiger partial charge in [-0.15, -0.1) is 0 Å². The molecular formula is C26H33N3O5. The maximum absolute atomic E-state index is 13.4. The molecule has 1 aliphatic heterocycles. The second-order valence-electron chi connectivity index (χ2n) is 9.12. The van der Waals surface area contributed by atoms with Crippen molar-refractivity contribution in [2.75, 3.05) is 24.4 Å². The molecule has 0 saturated carbocycles. The normalized spacial score (nSPS) is 16.4. The standard InChI is InChI=1S/C26H33N3O5/c1-14(2)11-22(26(32)33-5)29(25(31)15(3)27)21-8-6-7-18(24(21)16(4)30)20-13-34-23-10-9-17(28)12-19(20)23/h6-10,12,14-15,20,22H,11,13,27-28H2,1-5H3/t15?,20-,22-/m0/s1. The smallest absolute Gasteiger partial charge is 0.328 e. The van der Waals surface area contributed by atoms with Gasteiger partial charge in [0, 0.05) is 22.7 Å². The largest absolute Gasteiger partial charge is 0.492 e. The molecule has 0 radical (unpaired) electrons. The third-order valence-corrected chi connectivity index (χ3v) is 5.98. The molecule has 4 N–H and O–H groups in total. The lowest BCUT2D eigenvalue weighted by Crippen LogP contribution is -2.52. The summed E-state index contributed by atoms with van der Waals surface area (Å²) in [5, 5.41) is 0. The molecule has 182 valence electrons. The predicted octanol–water partition coefficient (Wildman–Crippen LogP) is 3.26. The zero-order valence-electron chi connectivity index (χ0n) is 20.3. The number of ketones is 1. The molecule has 1 aliphatic rings. The fourth-order valence-electron chi connectivity index (χ4n) is 4.47. The number of methoxy groups -OCH3 is 1. The van der Waals surface area contributed by atoms with Gasteiger partial charge in [-0.1, -0.05) is 26.0 Å². The number of benzene rings is 2. The van der Waals surface area contributed by atoms with E-state index in [9.17, 15) is 14.4 Å². The number of carbonyl (C=O) groups is 3. The van der Waals surface area contributed by atoms with Gasteiger partial charge in [0.25, 0.3) is 0 Å². The van der Waals surface area contributed by atoms with Crippen LogP contribution in [0.15, 0.2) is 36.4 Å². The van der Waals surface area contributed by atoms with E-state index in [0.717, 1.165) is 5.56 Å². The number of hydrogen-bond donors (Lipinski definition) is 2. The van der Waals surface area contributed by atoms with Gasteiger partial charge in [-0.25, -0.2) is 4.79 Å². The van der Waals surface area contributed by atoms with Crippen molar-refractivity contribution >= 4 is 29.0 Å². The lowest BCUT2D eigenvalue weighted by atomic mass is 9.86. The van der Waals surface area contributed by atoms with E-state index in [-0.39, 0.29) is 17.6 Å². The average Bonchev–Trinajstić information content (AvgIpc) is 3.20. The summed E-state index contributed by atoms with van der Waals surface area (Å²) < 4.78 is 10.9. The van der Waals surface area contributed by atoms with E-state index >= 15 is 0 Å². The second kappa shape index (κ2) is 10.3. The van der Waals surface area contributed by atoms with Crippen molar-refractivity contribution in [2.24, 2.45) is 11.7 Å². The van der Waals surface area contributed by atoms with Crippen LogP contribution in [0.2, 0.25) is 0 Å². The van der Waals surface area contributed by atoms with E-state index < -0.39 is 24.0 Å². The van der Waals surface area contributed by atoms with Crippen molar-refractivity contribution in [1.82, 2.24) is 0 Å². The molecule has 3 rings (SSSR count). The second-order valence-corrected chi connectivity index (χ2v) is 9.12. The van der Waals surface area contributed by atoms with E-state index in [2.05, 4.69) is 0 Å². The van der Waals surface area contributed by atoms with Gasteiger partial charge in [-0.2, -0.15) is 0 Å². The maximum atomic E-state index is 13.4. The molecule has 34 heavy (non-hydrogen) atoms. The topological polar surface area (TPSA) is 125 Å². The summed E-state index contributed by atoms with van der Waals surface area (Å²) in [6.07, 6.45) is 0.346. The van der Waals surface area contributed by atoms with Crippen LogP contribution in [-0.4, -0.2) is 43.5 Å². The van der Waals surface area contributed by atoms with Crippen LogP contribution in [0, 0.1) is 5.92 Å². The first kappa shape index (κ1) is 25.2. The van der Waals surface area contributed by atoms with Crippen molar-refractivity contribution in [3.8, 4) is 5.75 Å². The number of fused-ring (bicyclic) bond motifs is 1. The summed E-state index contributed by atoms with van der Waals surface area (Å²) in [7, 11) is 1.28. The van der Waals surface area contributed by atoms with Crippen molar-refractivity contribution in [1.29, 1.82) is 0 Å². The number of ether oxygens (including phenoxy) is 2. The number of Topliss-reactive ketones (excluding diaryl/α,β-unsaturated/α-hetero) is 1. The van der Waals surface area contributed by atoms with Crippen LogP contribution in [-0.2, 0) is 14.3 Å². The Balaban J connectivity index is 2.24. The molecule has 1 amide bonds. The van der Waals surface area contributed by atoms with Crippen molar-refractivity contribution in [3.05, 3.63) is 53.1 Å². The van der Waals surface area contributed by atoms with Crippen LogP contribution in [0.5, 0.6) is 5.75 Å². The molecule has 0 bridgehead atoms. The van der Waals surface area contributed by atoms with Gasteiger partial charge < -0.3 is 20.9 Å². The van der Waals surface area contributed by atoms with E-state index in [0.29, 0.717) is 41.3 Å². The monoisotopic (exact) mass is 467 g/mol. The van der Waals surface area contributed by atoms with Gasteiger partial charge in [0.1, 0.15) is 11.8 Å². The van der Waals surface area contributed by atoms with E-state index in [1.165, 1.54) is 18.9 Å². The minimum absolute atomic E-state index is 0.0783. The average molecular weight is 468 g/mol. The molecule has 1 heterocycles. The number of amides is 1. The van der Waals surface area contributed by atoms with Gasteiger partial charge in [0.2, 0.25) is 5.91 Å². The molecule has 3 atom stereocenters. The number of rotatable bonds is 8. The van der Waals surface area contributed by atoms with E-state index in [1.807, 2.05) is 32.0 Å². The van der Waals surface area contributed by atoms with Crippen LogP contribution in [0.25, 0.3) is 0 Å². The first-order chi connectivity index (χ1) is 16.1. The maximum Gasteiger partial charge on any atom is 0.328 e. The molecule has 1 unspecified atom stereocenters. The first-order valence-corrected chi connectivity index (χ1v) is 11.4. The van der Waals surface area contributed by atoms with E-state index in [4.69, 9.17) is 20.9 Å². The SMILES string of the molecule is COC(=O)[C@H](CC(C)C)N(C(=O)C(C)N)c1cccc([C@@H]2COc3ccc(N)cc32)c1C(C)=O. The third-order valence-electron chi connectivity index (χ3n) is 5.98. The Bertz CT molecular complexity index is 1100. The highest BCUT2D eigenvalue weighted by Gasteiger charge is 2.37. The van der Waals surface area contributed by atoms with Crippen LogP contribution in [0.3, 0.4) is 0 Å². The highest BCUT2D eigenvalue weighted by Crippen LogP contribution is 2.42. The van der Waals surface area contributed by atoms with Gasteiger partial charge >= 0.3 is 5.97 Å². The minimum atomic E-state index is -0.931. The fourth-order valence-corrected chi connectivity index (χ4v) is 4.47. The molecule has 8 nitrogen and oxygen atoms in total. The number of esters is 1. The molecule has 0 spiro atoms. The Kier molecular flexibility index (Phi) is 7.61. The number of carbonyl (C=O) groups excluding carboxylic acids is 3. The van der Waals surface area contributed by atoms with Crippen LogP contribution < -0.4 is 21.1 Å². The number of nitrogen functional groups attached to an aromatic ring is 1. The summed E-state index contributed by atoms with van der Waals surface area (Å²) in [5.41, 5.74) is 14.8. The molecule has 2 aromatic carbocycles. The van der Waals surface area contributed by atoms with Crippen molar-refractivity contribution in [3.63, 3.8) is 0 Å². The number of nitrogens with two attached hydrogens (primary N) is 2. The van der Waals surface area contributed by atoms with Gasteiger partial charge in [-0.05, 0) is 56.0 Å². The van der Waals surface area contributed by atoms with Crippen LogP contribution in [0.1, 0.15) is 61.5 Å². The Morgan fingerprint density at radius 1 is 1.15 bits per heavy atom. The summed E-state index contributed by atoms with van der Waals surface area (Å²) >= 11 is 0. The first-order valence-electron chi connectivity index (χ1n) is 11.4. The molecule has 0 aromatic heterocycles. The predicted molar refractivity (Wildman–Crippen MR) is 131 cm³/mol. The molecule has 0 fully saturated rings. The lowest BCUT2D eigenvalue weighted by Gasteiger charge is -2.34. The van der Waals surface area contributed by atoms with Crippen LogP contribution in [0.4, 0.5) is 11.4 Å². The quantitative estimate of drug-likeness (QED) is 0.347. The van der Waals surface area contributed by atoms with E-state index in [1.54, 1.807) is 25.1 Å². The minimum Gasteiger partial charge on any atom is -0.492 e. The molecule has 2 aromatic rings. The highest BCUT2D eigenvalue weighted by molar-refractivity contribution is 6.09. The molecule has 0 aliphatic carbocycles. The van der Waals surface area contributed by atoms with Gasteiger partial charge in [0.15, 0.2) is 5.78 Å². The van der Waals surface area contributed by atoms with Crippen LogP contribution >= 0.6 is 0 Å². The molecular weight excluding hydrogens is 434 g/mol. The Labute approximate surface area is 200 Å². The summed E-state index contributed by atoms with van der Waals surface area (Å²) in [6.45, 7) is 7.23. The lowest BCUT2D eigenvalue weighted by molar-refractivity contribution is -0.144. The zero-order chi connectivity index (χ0) is 25.2. The number of anilines is 2. The third kappa shape index (κ3) is 4.92. The Morgan fingerprint density at radius 3 is 2.44 bits per heavy atom. The van der Waals surface area contributed by atoms with Gasteiger partial charge in [0.05, 0.1) is 25.4 Å². The summed E-state index contributed by atoms with van der Waals surface area (Å²) in [5.74, 6) is -0.748. The number of hydrogen-bond acceptors (Lipinski definition) is 7. The zero-order valence-corrected chi connectivity index (χ0v) is 20.3. The number of nitrogens with zero attached hydrogens (tertiary/aromatic N) is 1. The van der Waals surface area contributed by atoms with Crippen molar-refractivity contribution < 1.29 is 23.9 Å². The molecule has 0 saturated heterocycles. The Morgan fingerprint density at radius 2 is 1.85 bits per heavy atom. The van der Waals surface area contributed by atoms with Gasteiger partial charge in [-0.3, -0.25) is 14.5 Å². The highest BCUT2D eigenvalue weighted by atomic mass is 16.5. The van der Waals surface area contributed by atoms with Crippen molar-refractivity contribution in [2.45, 2.75) is 52.1 Å². The summed E-state index contributed by atoms with van der Waals surface area (Å²) in [4.78, 5) is 40.6. The molecule has 8 heteroatoms. The fraction of sp³-hybridized carbons (Fsp3) is 0.423. The summed E-state index contributed by atoms with van der Waals surface area (Å²) in [6, 6.07) is 8.88.